The average molecular weight is 270 g/mol. The lowest BCUT2D eigenvalue weighted by atomic mass is 10.2. The molecule has 0 unspecified atom stereocenters. The average Bonchev–Trinajstić information content (AvgIpc) is 2.29. The van der Waals surface area contributed by atoms with Crippen LogP contribution in [-0.2, 0) is 10.0 Å². The SMILES string of the molecule is CC(C)CCS(=O)(=O)Nc1ccc(C#N)cc1F. The number of sulfonamides is 1. The van der Waals surface area contributed by atoms with E-state index in [1.54, 1.807) is 6.07 Å². The van der Waals surface area contributed by atoms with E-state index >= 15 is 0 Å². The summed E-state index contributed by atoms with van der Waals surface area (Å²) in [6.45, 7) is 3.83. The summed E-state index contributed by atoms with van der Waals surface area (Å²) in [5, 5.41) is 8.58. The lowest BCUT2D eigenvalue weighted by Crippen LogP contribution is -2.18. The second-order valence-electron chi connectivity index (χ2n) is 4.41. The van der Waals surface area contributed by atoms with Gasteiger partial charge in [0, 0.05) is 0 Å². The smallest absolute Gasteiger partial charge is 0.232 e. The van der Waals surface area contributed by atoms with Gasteiger partial charge in [-0.2, -0.15) is 5.26 Å². The van der Waals surface area contributed by atoms with Gasteiger partial charge >= 0.3 is 0 Å². The third kappa shape index (κ3) is 4.34. The van der Waals surface area contributed by atoms with Gasteiger partial charge in [0.1, 0.15) is 5.82 Å². The molecular formula is C12H15FN2O2S. The highest BCUT2D eigenvalue weighted by molar-refractivity contribution is 7.92. The van der Waals surface area contributed by atoms with Gasteiger partial charge in [0.15, 0.2) is 0 Å². The zero-order chi connectivity index (χ0) is 13.8. The van der Waals surface area contributed by atoms with Crippen LogP contribution in [0.5, 0.6) is 0 Å². The van der Waals surface area contributed by atoms with Crippen LogP contribution in [0.25, 0.3) is 0 Å². The van der Waals surface area contributed by atoms with E-state index in [-0.39, 0.29) is 22.9 Å². The summed E-state index contributed by atoms with van der Waals surface area (Å²) in [7, 11) is -3.54. The summed E-state index contributed by atoms with van der Waals surface area (Å²) < 4.78 is 39.0. The van der Waals surface area contributed by atoms with Crippen molar-refractivity contribution in [2.75, 3.05) is 10.5 Å². The molecule has 0 heterocycles. The second-order valence-corrected chi connectivity index (χ2v) is 6.25. The molecule has 0 saturated heterocycles. The molecule has 1 aromatic rings. The minimum atomic E-state index is -3.54. The number of halogens is 1. The Labute approximate surface area is 106 Å². The van der Waals surface area contributed by atoms with E-state index in [0.29, 0.717) is 6.42 Å². The summed E-state index contributed by atoms with van der Waals surface area (Å²) in [5.74, 6) is -0.543. The molecule has 18 heavy (non-hydrogen) atoms. The molecule has 4 nitrogen and oxygen atoms in total. The van der Waals surface area contributed by atoms with Crippen molar-refractivity contribution in [3.63, 3.8) is 0 Å². The summed E-state index contributed by atoms with van der Waals surface area (Å²) in [4.78, 5) is 0. The van der Waals surface area contributed by atoms with Gasteiger partial charge in [-0.1, -0.05) is 13.8 Å². The first-order valence-corrected chi connectivity index (χ1v) is 7.19. The van der Waals surface area contributed by atoms with Crippen molar-refractivity contribution in [2.24, 2.45) is 5.92 Å². The first-order valence-electron chi connectivity index (χ1n) is 5.54. The van der Waals surface area contributed by atoms with E-state index in [0.717, 1.165) is 6.07 Å². The van der Waals surface area contributed by atoms with Crippen molar-refractivity contribution in [1.82, 2.24) is 0 Å². The van der Waals surface area contributed by atoms with E-state index in [1.165, 1.54) is 12.1 Å². The maximum atomic E-state index is 13.5. The Hall–Kier alpha value is -1.61. The highest BCUT2D eigenvalue weighted by atomic mass is 32.2. The van der Waals surface area contributed by atoms with Crippen molar-refractivity contribution in [2.45, 2.75) is 20.3 Å². The number of nitriles is 1. The predicted octanol–water partition coefficient (Wildman–Crippen LogP) is 2.49. The lowest BCUT2D eigenvalue weighted by molar-refractivity contribution is 0.576. The number of benzene rings is 1. The van der Waals surface area contributed by atoms with Crippen LogP contribution in [0.15, 0.2) is 18.2 Å². The van der Waals surface area contributed by atoms with Crippen LogP contribution < -0.4 is 4.72 Å². The molecule has 0 aliphatic heterocycles. The van der Waals surface area contributed by atoms with Crippen LogP contribution >= 0.6 is 0 Å². The predicted molar refractivity (Wildman–Crippen MR) is 68.0 cm³/mol. The summed E-state index contributed by atoms with van der Waals surface area (Å²) in [5.41, 5.74) is 0.0235. The van der Waals surface area contributed by atoms with Crippen LogP contribution in [0.2, 0.25) is 0 Å². The Morgan fingerprint density at radius 1 is 1.44 bits per heavy atom. The fourth-order valence-electron chi connectivity index (χ4n) is 1.28. The molecule has 0 fully saturated rings. The van der Waals surface area contributed by atoms with Crippen LogP contribution in [0.3, 0.4) is 0 Å². The molecule has 1 aromatic carbocycles. The maximum Gasteiger partial charge on any atom is 0.232 e. The molecule has 0 saturated carbocycles. The molecule has 98 valence electrons. The number of hydrogen-bond acceptors (Lipinski definition) is 3. The minimum absolute atomic E-state index is 0.0515. The molecule has 0 radical (unpaired) electrons. The molecule has 1 N–H and O–H groups in total. The summed E-state index contributed by atoms with van der Waals surface area (Å²) >= 11 is 0. The molecule has 0 spiro atoms. The molecule has 0 aliphatic rings. The molecule has 6 heteroatoms. The normalized spacial score (nSPS) is 11.3. The number of rotatable bonds is 5. The molecule has 0 bridgehead atoms. The lowest BCUT2D eigenvalue weighted by Gasteiger charge is -2.10. The van der Waals surface area contributed by atoms with Crippen molar-refractivity contribution < 1.29 is 12.8 Å². The maximum absolute atomic E-state index is 13.5. The van der Waals surface area contributed by atoms with Crippen LogP contribution in [0.4, 0.5) is 10.1 Å². The zero-order valence-corrected chi connectivity index (χ0v) is 11.1. The van der Waals surface area contributed by atoms with E-state index in [9.17, 15) is 12.8 Å². The number of nitrogens with zero attached hydrogens (tertiary/aromatic N) is 1. The molecule has 0 aromatic heterocycles. The van der Waals surface area contributed by atoms with Crippen molar-refractivity contribution >= 4 is 15.7 Å². The highest BCUT2D eigenvalue weighted by Gasteiger charge is 2.14. The van der Waals surface area contributed by atoms with Crippen LogP contribution in [0, 0.1) is 23.1 Å². The molecule has 0 aliphatic carbocycles. The second kappa shape index (κ2) is 5.83. The van der Waals surface area contributed by atoms with Gasteiger partial charge in [0.2, 0.25) is 10.0 Å². The van der Waals surface area contributed by atoms with E-state index < -0.39 is 15.8 Å². The van der Waals surface area contributed by atoms with Gasteiger partial charge in [0.05, 0.1) is 23.1 Å². The van der Waals surface area contributed by atoms with Gasteiger partial charge in [0.25, 0.3) is 0 Å². The van der Waals surface area contributed by atoms with Crippen molar-refractivity contribution in [1.29, 1.82) is 5.26 Å². The minimum Gasteiger partial charge on any atom is -0.281 e. The molecule has 0 atom stereocenters. The summed E-state index contributed by atoms with van der Waals surface area (Å²) in [6.07, 6.45) is 0.507. The van der Waals surface area contributed by atoms with Gasteiger partial charge < -0.3 is 0 Å². The number of anilines is 1. The topological polar surface area (TPSA) is 70.0 Å². The number of hydrogen-bond donors (Lipinski definition) is 1. The largest absolute Gasteiger partial charge is 0.281 e. The summed E-state index contributed by atoms with van der Waals surface area (Å²) in [6, 6.07) is 5.40. The first-order chi connectivity index (χ1) is 8.34. The highest BCUT2D eigenvalue weighted by Crippen LogP contribution is 2.17. The van der Waals surface area contributed by atoms with Gasteiger partial charge in [-0.3, -0.25) is 4.72 Å². The Balaban J connectivity index is 2.82. The Kier molecular flexibility index (Phi) is 4.68. The zero-order valence-electron chi connectivity index (χ0n) is 10.3. The van der Waals surface area contributed by atoms with E-state index in [1.807, 2.05) is 13.8 Å². The Morgan fingerprint density at radius 2 is 2.11 bits per heavy atom. The van der Waals surface area contributed by atoms with Gasteiger partial charge in [-0.15, -0.1) is 0 Å². The molecular weight excluding hydrogens is 255 g/mol. The number of nitrogens with one attached hydrogen (secondary N) is 1. The van der Waals surface area contributed by atoms with Crippen molar-refractivity contribution in [3.8, 4) is 6.07 Å². The monoisotopic (exact) mass is 270 g/mol. The van der Waals surface area contributed by atoms with Gasteiger partial charge in [-0.05, 0) is 30.5 Å². The third-order valence-corrected chi connectivity index (χ3v) is 3.63. The Morgan fingerprint density at radius 3 is 2.61 bits per heavy atom. The fourth-order valence-corrected chi connectivity index (χ4v) is 2.66. The third-order valence-electron chi connectivity index (χ3n) is 2.33. The molecule has 1 rings (SSSR count). The van der Waals surface area contributed by atoms with Gasteiger partial charge in [-0.25, -0.2) is 12.8 Å². The first kappa shape index (κ1) is 14.5. The quantitative estimate of drug-likeness (QED) is 0.893. The standard InChI is InChI=1S/C12H15FN2O2S/c1-9(2)5-6-18(16,17)15-12-4-3-10(8-14)7-11(12)13/h3-4,7,9,15H,5-6H2,1-2H3. The van der Waals surface area contributed by atoms with E-state index in [4.69, 9.17) is 5.26 Å². The van der Waals surface area contributed by atoms with Crippen LogP contribution in [-0.4, -0.2) is 14.2 Å². The fraction of sp³-hybridized carbons (Fsp3) is 0.417. The van der Waals surface area contributed by atoms with E-state index in [2.05, 4.69) is 4.72 Å². The molecule has 0 amide bonds. The van der Waals surface area contributed by atoms with Crippen molar-refractivity contribution in [3.05, 3.63) is 29.6 Å². The van der Waals surface area contributed by atoms with Crippen LogP contribution in [0.1, 0.15) is 25.8 Å². The Bertz CT molecular complexity index is 562.